The monoisotopic (exact) mass is 256 g/mol. The molecule has 0 spiro atoms. The Bertz CT molecular complexity index is 521. The minimum absolute atomic E-state index is 0.173. The lowest BCUT2D eigenvalue weighted by atomic mass is 10.1. The van der Waals surface area contributed by atoms with Crippen LogP contribution < -0.4 is 5.73 Å². The Hall–Kier alpha value is -2.53. The van der Waals surface area contributed by atoms with E-state index in [1.165, 1.54) is 4.90 Å². The van der Waals surface area contributed by atoms with E-state index < -0.39 is 0 Å². The van der Waals surface area contributed by atoms with Gasteiger partial charge in [-0.3, -0.25) is 4.79 Å². The molecule has 1 aromatic rings. The number of nitrogens with two attached hydrogens (primary N) is 1. The fourth-order valence-electron chi connectivity index (χ4n) is 1.68. The third kappa shape index (κ3) is 4.01. The summed E-state index contributed by atoms with van der Waals surface area (Å²) in [6.07, 6.45) is 0.510. The van der Waals surface area contributed by atoms with Crippen molar-refractivity contribution in [2.45, 2.75) is 19.8 Å². The number of carbonyl (C=O) groups excluding carboxylic acids is 1. The zero-order valence-electron chi connectivity index (χ0n) is 10.9. The van der Waals surface area contributed by atoms with E-state index in [9.17, 15) is 4.79 Å². The van der Waals surface area contributed by atoms with Crippen molar-refractivity contribution in [2.75, 3.05) is 18.8 Å². The van der Waals surface area contributed by atoms with Crippen LogP contribution >= 0.6 is 0 Å². The average molecular weight is 256 g/mol. The first kappa shape index (κ1) is 14.5. The second-order valence-corrected chi connectivity index (χ2v) is 4.18. The summed E-state index contributed by atoms with van der Waals surface area (Å²) >= 11 is 0. The first-order chi connectivity index (χ1) is 9.10. The van der Waals surface area contributed by atoms with Crippen molar-refractivity contribution in [2.24, 2.45) is 0 Å². The topological polar surface area (TPSA) is 93.9 Å². The quantitative estimate of drug-likeness (QED) is 0.813. The first-order valence-electron chi connectivity index (χ1n) is 5.99. The Kier molecular flexibility index (Phi) is 5.37. The standard InChI is InChI=1S/C14H16N4O/c1-11-10-12(4-5-13(11)17)14(19)18(8-2-6-15)9-3-7-16/h4-5,10H,2-3,8-9,17H2,1H3. The van der Waals surface area contributed by atoms with E-state index in [0.29, 0.717) is 24.3 Å². The van der Waals surface area contributed by atoms with Gasteiger partial charge in [0.05, 0.1) is 25.0 Å². The summed E-state index contributed by atoms with van der Waals surface area (Å²) in [5, 5.41) is 17.2. The van der Waals surface area contributed by atoms with E-state index in [2.05, 4.69) is 0 Å². The van der Waals surface area contributed by atoms with E-state index >= 15 is 0 Å². The molecule has 19 heavy (non-hydrogen) atoms. The van der Waals surface area contributed by atoms with Gasteiger partial charge in [-0.25, -0.2) is 0 Å². The molecule has 0 radical (unpaired) electrons. The molecular weight excluding hydrogens is 240 g/mol. The van der Waals surface area contributed by atoms with Crippen LogP contribution in [-0.2, 0) is 0 Å². The highest BCUT2D eigenvalue weighted by Crippen LogP contribution is 2.14. The van der Waals surface area contributed by atoms with Gasteiger partial charge in [0.25, 0.3) is 5.91 Å². The van der Waals surface area contributed by atoms with Gasteiger partial charge in [0, 0.05) is 24.3 Å². The molecule has 1 amide bonds. The van der Waals surface area contributed by atoms with Gasteiger partial charge >= 0.3 is 0 Å². The minimum Gasteiger partial charge on any atom is -0.399 e. The lowest BCUT2D eigenvalue weighted by molar-refractivity contribution is 0.0762. The van der Waals surface area contributed by atoms with Crippen molar-refractivity contribution in [3.05, 3.63) is 29.3 Å². The van der Waals surface area contributed by atoms with Gasteiger partial charge in [-0.1, -0.05) is 0 Å². The summed E-state index contributed by atoms with van der Waals surface area (Å²) in [5.74, 6) is -0.173. The Labute approximate surface area is 112 Å². The number of nitrogen functional groups attached to an aromatic ring is 1. The van der Waals surface area contributed by atoms with Gasteiger partial charge in [-0.2, -0.15) is 10.5 Å². The second kappa shape index (κ2) is 7.03. The smallest absolute Gasteiger partial charge is 0.253 e. The van der Waals surface area contributed by atoms with Crippen molar-refractivity contribution in [3.8, 4) is 12.1 Å². The maximum Gasteiger partial charge on any atom is 0.253 e. The number of hydrogen-bond donors (Lipinski definition) is 1. The van der Waals surface area contributed by atoms with Crippen LogP contribution in [0.3, 0.4) is 0 Å². The molecule has 0 fully saturated rings. The number of carbonyl (C=O) groups is 1. The molecule has 0 bridgehead atoms. The molecule has 98 valence electrons. The third-order valence-electron chi connectivity index (χ3n) is 2.79. The van der Waals surface area contributed by atoms with E-state index in [0.717, 1.165) is 5.56 Å². The number of rotatable bonds is 5. The van der Waals surface area contributed by atoms with E-state index in [-0.39, 0.29) is 18.7 Å². The molecule has 1 aromatic carbocycles. The number of nitriles is 2. The highest BCUT2D eigenvalue weighted by atomic mass is 16.2. The molecule has 0 heterocycles. The highest BCUT2D eigenvalue weighted by Gasteiger charge is 2.15. The van der Waals surface area contributed by atoms with Crippen molar-refractivity contribution in [1.29, 1.82) is 10.5 Å². The molecule has 0 atom stereocenters. The Morgan fingerprint density at radius 2 is 1.84 bits per heavy atom. The number of aryl methyl sites for hydroxylation is 1. The maximum absolute atomic E-state index is 12.3. The molecule has 0 unspecified atom stereocenters. The number of anilines is 1. The van der Waals surface area contributed by atoms with Crippen molar-refractivity contribution in [1.82, 2.24) is 4.90 Å². The Morgan fingerprint density at radius 3 is 2.32 bits per heavy atom. The van der Waals surface area contributed by atoms with Gasteiger partial charge in [0.2, 0.25) is 0 Å². The van der Waals surface area contributed by atoms with Crippen molar-refractivity contribution in [3.63, 3.8) is 0 Å². The normalized spacial score (nSPS) is 9.42. The Balaban J connectivity index is 2.88. The van der Waals surface area contributed by atoms with E-state index in [1.54, 1.807) is 18.2 Å². The highest BCUT2D eigenvalue weighted by molar-refractivity contribution is 5.94. The summed E-state index contributed by atoms with van der Waals surface area (Å²) in [5.41, 5.74) is 7.72. The summed E-state index contributed by atoms with van der Waals surface area (Å²) in [6.45, 7) is 2.50. The molecule has 5 heteroatoms. The Morgan fingerprint density at radius 1 is 1.26 bits per heavy atom. The van der Waals surface area contributed by atoms with Crippen LogP contribution in [0.2, 0.25) is 0 Å². The van der Waals surface area contributed by atoms with Crippen LogP contribution in [0.1, 0.15) is 28.8 Å². The molecule has 2 N–H and O–H groups in total. The van der Waals surface area contributed by atoms with E-state index in [1.807, 2.05) is 19.1 Å². The molecule has 0 aliphatic heterocycles. The van der Waals surface area contributed by atoms with E-state index in [4.69, 9.17) is 16.3 Å². The fourth-order valence-corrected chi connectivity index (χ4v) is 1.68. The van der Waals surface area contributed by atoms with Crippen LogP contribution in [0.4, 0.5) is 5.69 Å². The van der Waals surface area contributed by atoms with Crippen LogP contribution in [0, 0.1) is 29.6 Å². The van der Waals surface area contributed by atoms with Crippen LogP contribution in [0.5, 0.6) is 0 Å². The zero-order chi connectivity index (χ0) is 14.3. The lowest BCUT2D eigenvalue weighted by Crippen LogP contribution is -2.32. The van der Waals surface area contributed by atoms with Gasteiger partial charge in [0.1, 0.15) is 0 Å². The van der Waals surface area contributed by atoms with Crippen molar-refractivity contribution >= 4 is 11.6 Å². The molecular formula is C14H16N4O. The maximum atomic E-state index is 12.3. The van der Waals surface area contributed by atoms with Crippen LogP contribution in [-0.4, -0.2) is 23.9 Å². The van der Waals surface area contributed by atoms with Gasteiger partial charge in [-0.15, -0.1) is 0 Å². The predicted octanol–water partition coefficient (Wildman–Crippen LogP) is 1.85. The zero-order valence-corrected chi connectivity index (χ0v) is 10.9. The molecule has 0 aliphatic rings. The second-order valence-electron chi connectivity index (χ2n) is 4.18. The van der Waals surface area contributed by atoms with Crippen LogP contribution in [0.25, 0.3) is 0 Å². The largest absolute Gasteiger partial charge is 0.399 e. The fraction of sp³-hybridized carbons (Fsp3) is 0.357. The van der Waals surface area contributed by atoms with Crippen LogP contribution in [0.15, 0.2) is 18.2 Å². The van der Waals surface area contributed by atoms with Crippen molar-refractivity contribution < 1.29 is 4.79 Å². The molecule has 0 aromatic heterocycles. The lowest BCUT2D eigenvalue weighted by Gasteiger charge is -2.20. The molecule has 1 rings (SSSR count). The summed E-state index contributed by atoms with van der Waals surface area (Å²) in [4.78, 5) is 13.8. The molecule has 0 saturated heterocycles. The summed E-state index contributed by atoms with van der Waals surface area (Å²) < 4.78 is 0. The summed E-state index contributed by atoms with van der Waals surface area (Å²) in [6, 6.07) is 9.09. The van der Waals surface area contributed by atoms with Gasteiger partial charge in [-0.05, 0) is 30.7 Å². The first-order valence-corrected chi connectivity index (χ1v) is 5.99. The average Bonchev–Trinajstić information content (AvgIpc) is 2.41. The third-order valence-corrected chi connectivity index (χ3v) is 2.79. The predicted molar refractivity (Wildman–Crippen MR) is 72.0 cm³/mol. The SMILES string of the molecule is Cc1cc(C(=O)N(CCC#N)CCC#N)ccc1N. The van der Waals surface area contributed by atoms with Gasteiger partial charge in [0.15, 0.2) is 0 Å². The number of benzene rings is 1. The number of hydrogen-bond acceptors (Lipinski definition) is 4. The van der Waals surface area contributed by atoms with Gasteiger partial charge < -0.3 is 10.6 Å². The summed E-state index contributed by atoms with van der Waals surface area (Å²) in [7, 11) is 0. The number of amides is 1. The molecule has 0 saturated carbocycles. The molecule has 0 aliphatic carbocycles. The number of nitrogens with zero attached hydrogens (tertiary/aromatic N) is 3. The minimum atomic E-state index is -0.173. The molecule has 5 nitrogen and oxygen atoms in total.